The van der Waals surface area contributed by atoms with Crippen molar-refractivity contribution < 1.29 is 0 Å². The fourth-order valence-electron chi connectivity index (χ4n) is 2.77. The zero-order valence-electron chi connectivity index (χ0n) is 12.5. The Morgan fingerprint density at radius 2 is 1.96 bits per heavy atom. The zero-order chi connectivity index (χ0) is 15.8. The molecule has 0 saturated carbocycles. The van der Waals surface area contributed by atoms with Crippen molar-refractivity contribution in [3.63, 3.8) is 0 Å². The Morgan fingerprint density at radius 1 is 1.17 bits per heavy atom. The summed E-state index contributed by atoms with van der Waals surface area (Å²) in [5.41, 5.74) is 3.73. The molecule has 0 aliphatic rings. The lowest BCUT2D eigenvalue weighted by molar-refractivity contribution is 0.968. The van der Waals surface area contributed by atoms with Gasteiger partial charge in [-0.25, -0.2) is 4.98 Å². The van der Waals surface area contributed by atoms with Gasteiger partial charge in [-0.3, -0.25) is 0 Å². The van der Waals surface area contributed by atoms with E-state index in [2.05, 4.69) is 33.9 Å². The van der Waals surface area contributed by atoms with Crippen molar-refractivity contribution in [2.75, 3.05) is 0 Å². The van der Waals surface area contributed by atoms with Gasteiger partial charge in [-0.15, -0.1) is 11.3 Å². The van der Waals surface area contributed by atoms with Gasteiger partial charge >= 0.3 is 0 Å². The average molecular weight is 315 g/mol. The van der Waals surface area contributed by atoms with Crippen LogP contribution in [0.3, 0.4) is 0 Å². The number of allylic oxidation sites excluding steroid dienone is 1. The smallest absolute Gasteiger partial charge is 0.135 e. The fraction of sp³-hybridized carbons (Fsp3) is 0.0526. The molecule has 0 radical (unpaired) electrons. The third-order valence-electron chi connectivity index (χ3n) is 3.87. The van der Waals surface area contributed by atoms with E-state index in [9.17, 15) is 5.26 Å². The molecule has 0 unspecified atom stereocenters. The minimum atomic E-state index is 0.600. The van der Waals surface area contributed by atoms with Gasteiger partial charge in [0.15, 0.2) is 0 Å². The number of benzene rings is 2. The van der Waals surface area contributed by atoms with Crippen LogP contribution in [0.1, 0.15) is 10.6 Å². The Labute approximate surface area is 137 Å². The van der Waals surface area contributed by atoms with Crippen molar-refractivity contribution in [1.29, 1.82) is 5.26 Å². The second kappa shape index (κ2) is 5.38. The summed E-state index contributed by atoms with van der Waals surface area (Å²) < 4.78 is 3.18. The normalized spacial score (nSPS) is 11.9. The van der Waals surface area contributed by atoms with Gasteiger partial charge in [-0.2, -0.15) is 5.26 Å². The van der Waals surface area contributed by atoms with Gasteiger partial charge in [-0.1, -0.05) is 30.3 Å². The van der Waals surface area contributed by atoms with E-state index in [-0.39, 0.29) is 0 Å². The van der Waals surface area contributed by atoms with Gasteiger partial charge in [0.05, 0.1) is 15.8 Å². The molecule has 0 fully saturated rings. The highest BCUT2D eigenvalue weighted by Crippen LogP contribution is 2.30. The number of thiazole rings is 1. The van der Waals surface area contributed by atoms with Crippen LogP contribution in [-0.2, 0) is 7.05 Å². The average Bonchev–Trinajstić information content (AvgIpc) is 3.14. The predicted octanol–water partition coefficient (Wildman–Crippen LogP) is 4.85. The van der Waals surface area contributed by atoms with Gasteiger partial charge in [0.25, 0.3) is 0 Å². The molecule has 0 bridgehead atoms. The van der Waals surface area contributed by atoms with Gasteiger partial charge in [0.1, 0.15) is 11.1 Å². The summed E-state index contributed by atoms with van der Waals surface area (Å²) in [6.07, 6.45) is 3.98. The van der Waals surface area contributed by atoms with Crippen molar-refractivity contribution >= 4 is 44.1 Å². The van der Waals surface area contributed by atoms with Crippen LogP contribution >= 0.6 is 11.3 Å². The van der Waals surface area contributed by atoms with E-state index in [1.165, 1.54) is 0 Å². The van der Waals surface area contributed by atoms with E-state index in [4.69, 9.17) is 0 Å². The first-order valence-corrected chi connectivity index (χ1v) is 8.10. The number of aryl methyl sites for hydroxylation is 1. The van der Waals surface area contributed by atoms with Gasteiger partial charge < -0.3 is 4.57 Å². The molecular weight excluding hydrogens is 302 g/mol. The zero-order valence-corrected chi connectivity index (χ0v) is 13.3. The summed E-state index contributed by atoms with van der Waals surface area (Å²) in [5.74, 6) is 0. The molecule has 4 rings (SSSR count). The predicted molar refractivity (Wildman–Crippen MR) is 96.0 cm³/mol. The van der Waals surface area contributed by atoms with Crippen molar-refractivity contribution in [3.8, 4) is 6.07 Å². The molecule has 0 aliphatic heterocycles. The van der Waals surface area contributed by atoms with Gasteiger partial charge in [0.2, 0.25) is 0 Å². The van der Waals surface area contributed by atoms with Crippen molar-refractivity contribution in [3.05, 3.63) is 65.3 Å². The lowest BCUT2D eigenvalue weighted by Crippen LogP contribution is -1.82. The number of fused-ring (bicyclic) bond motifs is 2. The molecule has 0 saturated heterocycles. The third kappa shape index (κ3) is 2.32. The van der Waals surface area contributed by atoms with Crippen LogP contribution in [0.25, 0.3) is 32.8 Å². The molecule has 0 amide bonds. The first kappa shape index (κ1) is 13.7. The summed E-state index contributed by atoms with van der Waals surface area (Å²) in [4.78, 5) is 4.59. The monoisotopic (exact) mass is 315 g/mol. The third-order valence-corrected chi connectivity index (χ3v) is 4.94. The van der Waals surface area contributed by atoms with E-state index in [0.717, 1.165) is 31.7 Å². The van der Waals surface area contributed by atoms with Crippen LogP contribution < -0.4 is 0 Å². The molecule has 0 N–H and O–H groups in total. The standard InChI is InChI=1S/C19H13N3S/c1-22-12-14(15-6-2-4-8-17(15)22)10-13(11-20)19-21-16-7-3-5-9-18(16)23-19/h2-10,12H,1H3/b13-10-. The van der Waals surface area contributed by atoms with Crippen LogP contribution in [0.4, 0.5) is 0 Å². The minimum absolute atomic E-state index is 0.600. The van der Waals surface area contributed by atoms with Crippen LogP contribution in [-0.4, -0.2) is 9.55 Å². The summed E-state index contributed by atoms with van der Waals surface area (Å²) >= 11 is 1.55. The molecule has 4 heteroatoms. The molecule has 2 aromatic carbocycles. The Balaban J connectivity index is 1.88. The molecular formula is C19H13N3S. The maximum absolute atomic E-state index is 9.59. The van der Waals surface area contributed by atoms with Crippen LogP contribution in [0.5, 0.6) is 0 Å². The molecule has 0 spiro atoms. The van der Waals surface area contributed by atoms with E-state index in [1.807, 2.05) is 49.5 Å². The van der Waals surface area contributed by atoms with Crippen molar-refractivity contribution in [2.24, 2.45) is 7.05 Å². The summed E-state index contributed by atoms with van der Waals surface area (Å²) in [5, 5.41) is 11.5. The number of nitriles is 1. The quantitative estimate of drug-likeness (QED) is 0.496. The van der Waals surface area contributed by atoms with E-state index in [1.54, 1.807) is 11.3 Å². The lowest BCUT2D eigenvalue weighted by atomic mass is 10.1. The highest BCUT2D eigenvalue weighted by atomic mass is 32.1. The Hall–Kier alpha value is -2.90. The Bertz CT molecular complexity index is 1060. The highest BCUT2D eigenvalue weighted by Gasteiger charge is 2.10. The van der Waals surface area contributed by atoms with Crippen molar-refractivity contribution in [1.82, 2.24) is 9.55 Å². The minimum Gasteiger partial charge on any atom is -0.350 e. The summed E-state index contributed by atoms with van der Waals surface area (Å²) in [7, 11) is 2.02. The van der Waals surface area contributed by atoms with E-state index >= 15 is 0 Å². The van der Waals surface area contributed by atoms with Gasteiger partial charge in [0, 0.05) is 29.7 Å². The maximum atomic E-state index is 9.59. The highest BCUT2D eigenvalue weighted by molar-refractivity contribution is 7.19. The summed E-state index contributed by atoms with van der Waals surface area (Å²) in [6.45, 7) is 0. The molecule has 4 aromatic rings. The molecule has 0 aliphatic carbocycles. The lowest BCUT2D eigenvalue weighted by Gasteiger charge is -1.94. The Kier molecular flexibility index (Phi) is 3.22. The van der Waals surface area contributed by atoms with Crippen LogP contribution in [0, 0.1) is 11.3 Å². The SMILES string of the molecule is Cn1cc(/C=C(/C#N)c2nc3ccccc3s2)c2ccccc21. The first-order valence-electron chi connectivity index (χ1n) is 7.28. The number of nitrogens with zero attached hydrogens (tertiary/aromatic N) is 3. The van der Waals surface area contributed by atoms with Crippen molar-refractivity contribution in [2.45, 2.75) is 0 Å². The number of aromatic nitrogens is 2. The number of hydrogen-bond donors (Lipinski definition) is 0. The molecule has 2 aromatic heterocycles. The number of rotatable bonds is 2. The molecule has 2 heterocycles. The fourth-order valence-corrected chi connectivity index (χ4v) is 3.70. The summed E-state index contributed by atoms with van der Waals surface area (Å²) in [6, 6.07) is 18.5. The van der Waals surface area contributed by atoms with E-state index < -0.39 is 0 Å². The molecule has 23 heavy (non-hydrogen) atoms. The van der Waals surface area contributed by atoms with Gasteiger partial charge in [-0.05, 0) is 24.3 Å². The van der Waals surface area contributed by atoms with E-state index in [0.29, 0.717) is 5.57 Å². The maximum Gasteiger partial charge on any atom is 0.135 e. The largest absolute Gasteiger partial charge is 0.350 e. The molecule has 110 valence electrons. The number of para-hydroxylation sites is 2. The first-order chi connectivity index (χ1) is 11.3. The second-order valence-corrected chi connectivity index (χ2v) is 6.40. The van der Waals surface area contributed by atoms with Crippen LogP contribution in [0.15, 0.2) is 54.7 Å². The second-order valence-electron chi connectivity index (χ2n) is 5.37. The van der Waals surface area contributed by atoms with Crippen LogP contribution in [0.2, 0.25) is 0 Å². The number of hydrogen-bond acceptors (Lipinski definition) is 3. The topological polar surface area (TPSA) is 41.6 Å². The Morgan fingerprint density at radius 3 is 2.78 bits per heavy atom. The molecule has 3 nitrogen and oxygen atoms in total. The molecule has 0 atom stereocenters.